The fourth-order valence-electron chi connectivity index (χ4n) is 3.83. The first kappa shape index (κ1) is 17.2. The minimum atomic E-state index is -0.0615. The summed E-state index contributed by atoms with van der Waals surface area (Å²) < 4.78 is 0. The van der Waals surface area contributed by atoms with Crippen LogP contribution in [0, 0.1) is 0 Å². The Labute approximate surface area is 144 Å². The quantitative estimate of drug-likeness (QED) is 0.739. The van der Waals surface area contributed by atoms with Crippen molar-refractivity contribution in [3.63, 3.8) is 0 Å². The van der Waals surface area contributed by atoms with Gasteiger partial charge in [0.2, 0.25) is 0 Å². The largest absolute Gasteiger partial charge is 0.398 e. The van der Waals surface area contributed by atoms with Crippen molar-refractivity contribution in [2.24, 2.45) is 5.73 Å². The molecule has 1 aromatic carbocycles. The van der Waals surface area contributed by atoms with Crippen molar-refractivity contribution in [3.8, 4) is 0 Å². The second-order valence-electron chi connectivity index (χ2n) is 7.28. The minimum absolute atomic E-state index is 0.0615. The molecule has 0 spiro atoms. The van der Waals surface area contributed by atoms with Crippen LogP contribution in [0.15, 0.2) is 18.2 Å². The molecule has 24 heavy (non-hydrogen) atoms. The number of anilines is 1. The number of nitrogens with zero attached hydrogens (tertiary/aromatic N) is 1. The van der Waals surface area contributed by atoms with Crippen LogP contribution in [-0.4, -0.2) is 36.0 Å². The van der Waals surface area contributed by atoms with E-state index in [1.165, 1.54) is 19.3 Å². The number of benzene rings is 1. The van der Waals surface area contributed by atoms with Crippen LogP contribution in [0.4, 0.5) is 5.69 Å². The van der Waals surface area contributed by atoms with E-state index in [9.17, 15) is 4.79 Å². The lowest BCUT2D eigenvalue weighted by Crippen LogP contribution is -2.49. The standard InChI is InChI=1S/C19H30N4O/c20-16-6-2-3-7-18(16)22-19(24)14-8-9-15(17(21)12-14)13-23-10-4-1-5-11-23/h8-9,12,16,18H,1-7,10-11,13,20-21H2,(H,22,24). The Morgan fingerprint density at radius 1 is 1.12 bits per heavy atom. The number of hydrogen-bond acceptors (Lipinski definition) is 4. The second kappa shape index (κ2) is 7.99. The Kier molecular flexibility index (Phi) is 5.74. The van der Waals surface area contributed by atoms with Crippen LogP contribution in [0.5, 0.6) is 0 Å². The van der Waals surface area contributed by atoms with E-state index in [-0.39, 0.29) is 18.0 Å². The molecule has 5 heteroatoms. The normalized spacial score (nSPS) is 25.4. The molecule has 1 amide bonds. The van der Waals surface area contributed by atoms with Crippen molar-refractivity contribution in [1.82, 2.24) is 10.2 Å². The molecule has 2 fully saturated rings. The maximum absolute atomic E-state index is 12.5. The summed E-state index contributed by atoms with van der Waals surface area (Å²) in [6.45, 7) is 3.16. The van der Waals surface area contributed by atoms with Gasteiger partial charge in [-0.2, -0.15) is 0 Å². The molecular weight excluding hydrogens is 300 g/mol. The summed E-state index contributed by atoms with van der Waals surface area (Å²) in [6, 6.07) is 5.85. The molecule has 132 valence electrons. The highest BCUT2D eigenvalue weighted by molar-refractivity contribution is 5.95. The van der Waals surface area contributed by atoms with Crippen molar-refractivity contribution in [2.45, 2.75) is 63.6 Å². The van der Waals surface area contributed by atoms with Gasteiger partial charge in [0.25, 0.3) is 5.91 Å². The van der Waals surface area contributed by atoms with E-state index in [0.717, 1.165) is 50.9 Å². The Morgan fingerprint density at radius 2 is 1.88 bits per heavy atom. The Bertz CT molecular complexity index is 568. The zero-order valence-corrected chi connectivity index (χ0v) is 14.5. The minimum Gasteiger partial charge on any atom is -0.398 e. The lowest BCUT2D eigenvalue weighted by atomic mass is 9.91. The summed E-state index contributed by atoms with van der Waals surface area (Å²) in [6.07, 6.45) is 8.11. The van der Waals surface area contributed by atoms with Crippen molar-refractivity contribution >= 4 is 11.6 Å². The van der Waals surface area contributed by atoms with Gasteiger partial charge in [0, 0.05) is 29.9 Å². The summed E-state index contributed by atoms with van der Waals surface area (Å²) in [5.74, 6) is -0.0615. The number of likely N-dealkylation sites (tertiary alicyclic amines) is 1. The molecular formula is C19H30N4O. The number of nitrogens with two attached hydrogens (primary N) is 2. The Morgan fingerprint density at radius 3 is 2.58 bits per heavy atom. The zero-order valence-electron chi connectivity index (χ0n) is 14.5. The molecule has 2 atom stereocenters. The molecule has 5 nitrogen and oxygen atoms in total. The molecule has 2 aliphatic rings. The van der Waals surface area contributed by atoms with Crippen molar-refractivity contribution < 1.29 is 4.79 Å². The van der Waals surface area contributed by atoms with E-state index in [1.54, 1.807) is 0 Å². The smallest absolute Gasteiger partial charge is 0.251 e. The topological polar surface area (TPSA) is 84.4 Å². The molecule has 1 aromatic rings. The summed E-state index contributed by atoms with van der Waals surface area (Å²) in [4.78, 5) is 14.9. The third-order valence-electron chi connectivity index (χ3n) is 5.39. The van der Waals surface area contributed by atoms with Gasteiger partial charge in [-0.05, 0) is 56.5 Å². The van der Waals surface area contributed by atoms with Gasteiger partial charge < -0.3 is 16.8 Å². The molecule has 2 unspecified atom stereocenters. The highest BCUT2D eigenvalue weighted by Crippen LogP contribution is 2.21. The van der Waals surface area contributed by atoms with E-state index >= 15 is 0 Å². The molecule has 1 saturated heterocycles. The average Bonchev–Trinajstić information content (AvgIpc) is 2.59. The van der Waals surface area contributed by atoms with Crippen LogP contribution in [-0.2, 0) is 6.54 Å². The molecule has 1 aliphatic carbocycles. The van der Waals surface area contributed by atoms with Crippen molar-refractivity contribution in [3.05, 3.63) is 29.3 Å². The predicted octanol–water partition coefficient (Wildman–Crippen LogP) is 2.25. The maximum atomic E-state index is 12.5. The summed E-state index contributed by atoms with van der Waals surface area (Å²) in [5.41, 5.74) is 14.8. The van der Waals surface area contributed by atoms with Crippen LogP contribution < -0.4 is 16.8 Å². The first-order valence-electron chi connectivity index (χ1n) is 9.30. The van der Waals surface area contributed by atoms with Crippen LogP contribution in [0.1, 0.15) is 60.9 Å². The second-order valence-corrected chi connectivity index (χ2v) is 7.28. The molecule has 5 N–H and O–H groups in total. The van der Waals surface area contributed by atoms with E-state index in [0.29, 0.717) is 11.3 Å². The highest BCUT2D eigenvalue weighted by Gasteiger charge is 2.24. The third kappa shape index (κ3) is 4.28. The SMILES string of the molecule is Nc1cc(C(=O)NC2CCCCC2N)ccc1CN1CCCCC1. The summed E-state index contributed by atoms with van der Waals surface area (Å²) in [7, 11) is 0. The molecule has 3 rings (SSSR count). The Hall–Kier alpha value is -1.59. The summed E-state index contributed by atoms with van der Waals surface area (Å²) >= 11 is 0. The number of amides is 1. The van der Waals surface area contributed by atoms with E-state index in [2.05, 4.69) is 10.2 Å². The van der Waals surface area contributed by atoms with Crippen molar-refractivity contribution in [1.29, 1.82) is 0 Å². The van der Waals surface area contributed by atoms with Crippen LogP contribution in [0.3, 0.4) is 0 Å². The fraction of sp³-hybridized carbons (Fsp3) is 0.632. The van der Waals surface area contributed by atoms with Crippen LogP contribution in [0.2, 0.25) is 0 Å². The maximum Gasteiger partial charge on any atom is 0.251 e. The van der Waals surface area contributed by atoms with E-state index in [4.69, 9.17) is 11.5 Å². The van der Waals surface area contributed by atoms with E-state index < -0.39 is 0 Å². The first-order valence-corrected chi connectivity index (χ1v) is 9.30. The number of carbonyl (C=O) groups excluding carboxylic acids is 1. The monoisotopic (exact) mass is 330 g/mol. The molecule has 0 radical (unpaired) electrons. The van der Waals surface area contributed by atoms with Gasteiger partial charge in [0.15, 0.2) is 0 Å². The van der Waals surface area contributed by atoms with Gasteiger partial charge in [-0.3, -0.25) is 9.69 Å². The molecule has 1 aliphatic heterocycles. The number of rotatable bonds is 4. The third-order valence-corrected chi connectivity index (χ3v) is 5.39. The number of nitrogen functional groups attached to an aromatic ring is 1. The number of piperidine rings is 1. The van der Waals surface area contributed by atoms with Crippen molar-refractivity contribution in [2.75, 3.05) is 18.8 Å². The van der Waals surface area contributed by atoms with E-state index in [1.807, 2.05) is 18.2 Å². The first-order chi connectivity index (χ1) is 11.6. The summed E-state index contributed by atoms with van der Waals surface area (Å²) in [5, 5.41) is 3.08. The lowest BCUT2D eigenvalue weighted by molar-refractivity contribution is 0.0921. The molecule has 0 aromatic heterocycles. The zero-order chi connectivity index (χ0) is 16.9. The van der Waals surface area contributed by atoms with Gasteiger partial charge >= 0.3 is 0 Å². The molecule has 1 saturated carbocycles. The number of hydrogen-bond donors (Lipinski definition) is 3. The lowest BCUT2D eigenvalue weighted by Gasteiger charge is -2.29. The number of nitrogens with one attached hydrogen (secondary N) is 1. The molecule has 1 heterocycles. The van der Waals surface area contributed by atoms with Gasteiger partial charge in [-0.1, -0.05) is 25.3 Å². The van der Waals surface area contributed by atoms with Gasteiger partial charge in [-0.15, -0.1) is 0 Å². The molecule has 0 bridgehead atoms. The number of carbonyl (C=O) groups is 1. The van der Waals surface area contributed by atoms with Gasteiger partial charge in [0.05, 0.1) is 0 Å². The van der Waals surface area contributed by atoms with Gasteiger partial charge in [0.1, 0.15) is 0 Å². The van der Waals surface area contributed by atoms with Crippen LogP contribution >= 0.6 is 0 Å². The average molecular weight is 330 g/mol. The fourth-order valence-corrected chi connectivity index (χ4v) is 3.83. The highest BCUT2D eigenvalue weighted by atomic mass is 16.1. The predicted molar refractivity (Wildman–Crippen MR) is 97.7 cm³/mol. The van der Waals surface area contributed by atoms with Gasteiger partial charge in [-0.25, -0.2) is 0 Å². The Balaban J connectivity index is 1.61. The van der Waals surface area contributed by atoms with Crippen LogP contribution in [0.25, 0.3) is 0 Å².